The minimum atomic E-state index is -3.90. The zero-order valence-corrected chi connectivity index (χ0v) is 21.6. The van der Waals surface area contributed by atoms with Gasteiger partial charge in [0, 0.05) is 0 Å². The van der Waals surface area contributed by atoms with Gasteiger partial charge in [0.2, 0.25) is 0 Å². The molecule has 0 aliphatic carbocycles. The Labute approximate surface area is 188 Å². The minimum absolute atomic E-state index is 0.261. The van der Waals surface area contributed by atoms with E-state index in [9.17, 15) is 9.46 Å². The summed E-state index contributed by atoms with van der Waals surface area (Å²) in [5.74, 6) is 0. The van der Waals surface area contributed by atoms with E-state index in [1.54, 1.807) is 0 Å². The molecule has 0 fully saturated rings. The van der Waals surface area contributed by atoms with E-state index in [4.69, 9.17) is 9.05 Å². The van der Waals surface area contributed by atoms with Gasteiger partial charge in [-0.3, -0.25) is 9.05 Å². The molecule has 182 valence electrons. The summed E-state index contributed by atoms with van der Waals surface area (Å²) < 4.78 is 23.1. The second-order valence-electron chi connectivity index (χ2n) is 9.11. The van der Waals surface area contributed by atoms with Crippen molar-refractivity contribution < 1.29 is 23.0 Å². The molecule has 0 aliphatic heterocycles. The summed E-state index contributed by atoms with van der Waals surface area (Å²) in [5, 5.41) is 0. The molecular formula is C24H53NO4P+. The van der Waals surface area contributed by atoms with Gasteiger partial charge in [-0.1, -0.05) is 97.3 Å². The van der Waals surface area contributed by atoms with Crippen LogP contribution in [0.25, 0.3) is 0 Å². The van der Waals surface area contributed by atoms with Crippen LogP contribution in [0.1, 0.15) is 117 Å². The van der Waals surface area contributed by atoms with Crippen molar-refractivity contribution in [3.63, 3.8) is 0 Å². The molecule has 0 aliphatic rings. The fourth-order valence-corrected chi connectivity index (χ4v) is 4.60. The standard InChI is InChI=1S/C24H52NO4P/c1-5-8-9-10-11-12-13-14-15-16-17-18-19-20-23-28-30(26,27)29-24-22-25(4,7-3)21-6-2/h5-24H2,1-4H3/p+1. The SMILES string of the molecule is CCCCCCCCCCCCCCCCOP(=O)(O)OCC[N+](C)(CC)CCC. The zero-order valence-electron chi connectivity index (χ0n) is 20.7. The lowest BCUT2D eigenvalue weighted by atomic mass is 10.0. The number of hydrogen-bond acceptors (Lipinski definition) is 3. The van der Waals surface area contributed by atoms with Crippen molar-refractivity contribution >= 4 is 7.82 Å². The van der Waals surface area contributed by atoms with E-state index in [0.717, 1.165) is 43.4 Å². The van der Waals surface area contributed by atoms with Crippen molar-refractivity contribution in [2.24, 2.45) is 0 Å². The van der Waals surface area contributed by atoms with Gasteiger partial charge in [0.25, 0.3) is 0 Å². The number of likely N-dealkylation sites (N-methyl/N-ethyl adjacent to an activating group) is 1. The van der Waals surface area contributed by atoms with Crippen LogP contribution in [0.15, 0.2) is 0 Å². The maximum absolute atomic E-state index is 12.0. The summed E-state index contributed by atoms with van der Waals surface area (Å²) >= 11 is 0. The van der Waals surface area contributed by atoms with Gasteiger partial charge in [-0.15, -0.1) is 0 Å². The summed E-state index contributed by atoms with van der Waals surface area (Å²) in [4.78, 5) is 9.82. The largest absolute Gasteiger partial charge is 0.472 e. The predicted molar refractivity (Wildman–Crippen MR) is 129 cm³/mol. The highest BCUT2D eigenvalue weighted by Crippen LogP contribution is 2.43. The van der Waals surface area contributed by atoms with Gasteiger partial charge in [0.05, 0.1) is 26.7 Å². The summed E-state index contributed by atoms with van der Waals surface area (Å²) in [7, 11) is -1.75. The van der Waals surface area contributed by atoms with Gasteiger partial charge in [-0.2, -0.15) is 0 Å². The van der Waals surface area contributed by atoms with Crippen LogP contribution in [0, 0.1) is 0 Å². The lowest BCUT2D eigenvalue weighted by Crippen LogP contribution is -2.46. The van der Waals surface area contributed by atoms with Crippen LogP contribution in [0.2, 0.25) is 0 Å². The Kier molecular flexibility index (Phi) is 19.8. The molecule has 0 spiro atoms. The summed E-state index contributed by atoms with van der Waals surface area (Å²) in [5.41, 5.74) is 0. The molecule has 0 saturated carbocycles. The molecule has 0 radical (unpaired) electrons. The smallest absolute Gasteiger partial charge is 0.324 e. The van der Waals surface area contributed by atoms with Crippen molar-refractivity contribution in [1.82, 2.24) is 0 Å². The Morgan fingerprint density at radius 1 is 0.633 bits per heavy atom. The number of quaternary nitrogens is 1. The van der Waals surface area contributed by atoms with Crippen molar-refractivity contribution in [2.45, 2.75) is 117 Å². The Hall–Kier alpha value is 0.0700. The first-order valence-electron chi connectivity index (χ1n) is 12.8. The molecule has 0 aromatic heterocycles. The molecule has 0 aromatic rings. The van der Waals surface area contributed by atoms with Gasteiger partial charge >= 0.3 is 7.82 Å². The highest BCUT2D eigenvalue weighted by Gasteiger charge is 2.24. The average Bonchev–Trinajstić information content (AvgIpc) is 2.71. The molecular weight excluding hydrogens is 397 g/mol. The van der Waals surface area contributed by atoms with E-state index in [1.165, 1.54) is 77.0 Å². The van der Waals surface area contributed by atoms with Crippen LogP contribution >= 0.6 is 7.82 Å². The predicted octanol–water partition coefficient (Wildman–Crippen LogP) is 7.48. The molecule has 0 heterocycles. The normalized spacial score (nSPS) is 15.8. The van der Waals surface area contributed by atoms with Crippen LogP contribution in [0.5, 0.6) is 0 Å². The zero-order chi connectivity index (χ0) is 22.6. The van der Waals surface area contributed by atoms with Crippen molar-refractivity contribution in [1.29, 1.82) is 0 Å². The maximum Gasteiger partial charge on any atom is 0.472 e. The molecule has 0 aromatic carbocycles. The highest BCUT2D eigenvalue weighted by molar-refractivity contribution is 7.47. The van der Waals surface area contributed by atoms with E-state index in [2.05, 4.69) is 27.8 Å². The monoisotopic (exact) mass is 450 g/mol. The Bertz CT molecular complexity index is 422. The fraction of sp³-hybridized carbons (Fsp3) is 1.00. The summed E-state index contributed by atoms with van der Waals surface area (Å²) in [6, 6.07) is 0. The van der Waals surface area contributed by atoms with Gasteiger partial charge in [-0.25, -0.2) is 4.57 Å². The van der Waals surface area contributed by atoms with Crippen LogP contribution in [-0.2, 0) is 13.6 Å². The first-order chi connectivity index (χ1) is 14.4. The number of unbranched alkanes of at least 4 members (excludes halogenated alkanes) is 13. The first-order valence-corrected chi connectivity index (χ1v) is 14.3. The van der Waals surface area contributed by atoms with Crippen molar-refractivity contribution in [3.05, 3.63) is 0 Å². The number of rotatable bonds is 23. The lowest BCUT2D eigenvalue weighted by molar-refractivity contribution is -0.907. The van der Waals surface area contributed by atoms with Gasteiger partial charge in [0.1, 0.15) is 13.2 Å². The van der Waals surface area contributed by atoms with Crippen LogP contribution < -0.4 is 0 Å². The Morgan fingerprint density at radius 3 is 1.50 bits per heavy atom. The Balaban J connectivity index is 3.49. The van der Waals surface area contributed by atoms with Crippen molar-refractivity contribution in [2.75, 3.05) is 39.9 Å². The third kappa shape index (κ3) is 18.8. The summed E-state index contributed by atoms with van der Waals surface area (Å²) in [6.07, 6.45) is 19.2. The van der Waals surface area contributed by atoms with Crippen LogP contribution in [0.4, 0.5) is 0 Å². The molecule has 0 bridgehead atoms. The van der Waals surface area contributed by atoms with Gasteiger partial charge in [0.15, 0.2) is 0 Å². The topological polar surface area (TPSA) is 55.8 Å². The molecule has 1 N–H and O–H groups in total. The van der Waals surface area contributed by atoms with E-state index in [1.807, 2.05) is 0 Å². The van der Waals surface area contributed by atoms with E-state index in [-0.39, 0.29) is 6.61 Å². The van der Waals surface area contributed by atoms with Crippen LogP contribution in [0.3, 0.4) is 0 Å². The number of phosphoric ester groups is 1. The van der Waals surface area contributed by atoms with Crippen LogP contribution in [-0.4, -0.2) is 49.3 Å². The molecule has 5 nitrogen and oxygen atoms in total. The molecule has 30 heavy (non-hydrogen) atoms. The maximum atomic E-state index is 12.0. The summed E-state index contributed by atoms with van der Waals surface area (Å²) in [6.45, 7) is 9.91. The third-order valence-corrected chi connectivity index (χ3v) is 7.18. The van der Waals surface area contributed by atoms with Gasteiger partial charge < -0.3 is 9.38 Å². The molecule has 0 rings (SSSR count). The molecule has 2 unspecified atom stereocenters. The lowest BCUT2D eigenvalue weighted by Gasteiger charge is -2.33. The van der Waals surface area contributed by atoms with E-state index >= 15 is 0 Å². The average molecular weight is 451 g/mol. The van der Waals surface area contributed by atoms with Gasteiger partial charge in [-0.05, 0) is 19.8 Å². The molecule has 6 heteroatoms. The van der Waals surface area contributed by atoms with Crippen molar-refractivity contribution in [3.8, 4) is 0 Å². The molecule has 2 atom stereocenters. The number of phosphoric acid groups is 1. The molecule has 0 amide bonds. The highest BCUT2D eigenvalue weighted by atomic mass is 31.2. The Morgan fingerprint density at radius 2 is 1.07 bits per heavy atom. The second-order valence-corrected chi connectivity index (χ2v) is 10.6. The number of hydrogen-bond donors (Lipinski definition) is 1. The number of nitrogens with zero attached hydrogens (tertiary/aromatic N) is 1. The minimum Gasteiger partial charge on any atom is -0.324 e. The quantitative estimate of drug-likeness (QED) is 0.0996. The van der Waals surface area contributed by atoms with E-state index < -0.39 is 7.82 Å². The van der Waals surface area contributed by atoms with E-state index in [0.29, 0.717) is 6.61 Å². The first kappa shape index (κ1) is 30.1. The molecule has 0 saturated heterocycles. The third-order valence-electron chi connectivity index (χ3n) is 6.16. The second kappa shape index (κ2) is 19.7. The fourth-order valence-electron chi connectivity index (χ4n) is 3.86.